The van der Waals surface area contributed by atoms with E-state index in [0.29, 0.717) is 5.56 Å². The average molecular weight is 385 g/mol. The van der Waals surface area contributed by atoms with E-state index in [1.807, 2.05) is 43.6 Å². The van der Waals surface area contributed by atoms with Crippen molar-refractivity contribution in [2.45, 2.75) is 25.8 Å². The molecule has 1 atom stereocenters. The van der Waals surface area contributed by atoms with E-state index in [4.69, 9.17) is 4.98 Å². The number of aryl methyl sites for hydroxylation is 2. The molecule has 1 aliphatic rings. The molecule has 4 aromatic rings. The first kappa shape index (κ1) is 17.1. The number of carbonyl (C=O) groups is 1. The molecule has 2 aromatic carbocycles. The third kappa shape index (κ3) is 3.08. The maximum atomic E-state index is 12.8. The normalized spacial score (nSPS) is 15.5. The largest absolute Gasteiger partial charge is 0.345 e. The maximum Gasteiger partial charge on any atom is 0.251 e. The number of pyridine rings is 1. The summed E-state index contributed by atoms with van der Waals surface area (Å²) in [6.07, 6.45) is 5.64. The molecule has 2 aromatic heterocycles. The minimum absolute atomic E-state index is 0.0317. The van der Waals surface area contributed by atoms with E-state index in [-0.39, 0.29) is 11.9 Å². The highest BCUT2D eigenvalue weighted by Gasteiger charge is 2.24. The zero-order valence-electron chi connectivity index (χ0n) is 15.5. The first-order valence-corrected chi connectivity index (χ1v) is 10.2. The van der Waals surface area contributed by atoms with Crippen LogP contribution in [0.2, 0.25) is 0 Å². The van der Waals surface area contributed by atoms with Crippen LogP contribution in [0.15, 0.2) is 60.9 Å². The highest BCUT2D eigenvalue weighted by molar-refractivity contribution is 7.21. The van der Waals surface area contributed by atoms with Crippen LogP contribution in [0.5, 0.6) is 0 Å². The fraction of sp³-hybridized carbons (Fsp3) is 0.174. The van der Waals surface area contributed by atoms with Gasteiger partial charge in [0.05, 0.1) is 16.3 Å². The molecule has 2 heterocycles. The molecule has 5 rings (SSSR count). The fourth-order valence-corrected chi connectivity index (χ4v) is 4.80. The lowest BCUT2D eigenvalue weighted by Crippen LogP contribution is -2.27. The van der Waals surface area contributed by atoms with E-state index in [0.717, 1.165) is 39.2 Å². The van der Waals surface area contributed by atoms with Crippen molar-refractivity contribution in [1.82, 2.24) is 15.3 Å². The average Bonchev–Trinajstić information content (AvgIpc) is 3.32. The smallest absolute Gasteiger partial charge is 0.251 e. The van der Waals surface area contributed by atoms with Gasteiger partial charge in [0.25, 0.3) is 5.91 Å². The van der Waals surface area contributed by atoms with Crippen LogP contribution >= 0.6 is 11.3 Å². The number of amides is 1. The summed E-state index contributed by atoms with van der Waals surface area (Å²) >= 11 is 1.59. The summed E-state index contributed by atoms with van der Waals surface area (Å²) in [6.45, 7) is 2.02. The number of benzene rings is 2. The summed E-state index contributed by atoms with van der Waals surface area (Å²) in [5, 5.41) is 4.12. The van der Waals surface area contributed by atoms with Crippen LogP contribution in [0, 0.1) is 6.92 Å². The summed E-state index contributed by atoms with van der Waals surface area (Å²) in [5.41, 5.74) is 6.27. The topological polar surface area (TPSA) is 54.9 Å². The molecule has 0 spiro atoms. The molecule has 28 heavy (non-hydrogen) atoms. The van der Waals surface area contributed by atoms with E-state index >= 15 is 0 Å². The molecule has 0 bridgehead atoms. The Bertz CT molecular complexity index is 1200. The lowest BCUT2D eigenvalue weighted by molar-refractivity contribution is 0.0937. The zero-order chi connectivity index (χ0) is 19.1. The van der Waals surface area contributed by atoms with Gasteiger partial charge < -0.3 is 5.32 Å². The highest BCUT2D eigenvalue weighted by atomic mass is 32.1. The van der Waals surface area contributed by atoms with Crippen molar-refractivity contribution in [3.63, 3.8) is 0 Å². The van der Waals surface area contributed by atoms with Gasteiger partial charge in [-0.25, -0.2) is 4.98 Å². The summed E-state index contributed by atoms with van der Waals surface area (Å²) in [4.78, 5) is 21.8. The van der Waals surface area contributed by atoms with Gasteiger partial charge in [-0.1, -0.05) is 24.3 Å². The van der Waals surface area contributed by atoms with E-state index in [2.05, 4.69) is 34.6 Å². The van der Waals surface area contributed by atoms with Gasteiger partial charge in [0, 0.05) is 23.5 Å². The van der Waals surface area contributed by atoms with Gasteiger partial charge in [-0.2, -0.15) is 0 Å². The van der Waals surface area contributed by atoms with Gasteiger partial charge in [0.2, 0.25) is 0 Å². The number of aromatic nitrogens is 2. The quantitative estimate of drug-likeness (QED) is 0.535. The van der Waals surface area contributed by atoms with Gasteiger partial charge >= 0.3 is 0 Å². The van der Waals surface area contributed by atoms with Crippen LogP contribution in [-0.2, 0) is 6.42 Å². The predicted octanol–water partition coefficient (Wildman–Crippen LogP) is 5.08. The molecule has 0 fully saturated rings. The molecule has 138 valence electrons. The first-order chi connectivity index (χ1) is 13.7. The second-order valence-electron chi connectivity index (χ2n) is 7.22. The van der Waals surface area contributed by atoms with Crippen LogP contribution < -0.4 is 5.32 Å². The van der Waals surface area contributed by atoms with Crippen molar-refractivity contribution in [2.75, 3.05) is 0 Å². The number of thiazole rings is 1. The molecule has 4 nitrogen and oxygen atoms in total. The lowest BCUT2D eigenvalue weighted by Gasteiger charge is -2.14. The van der Waals surface area contributed by atoms with Crippen molar-refractivity contribution in [2.24, 2.45) is 0 Å². The Labute approximate surface area is 167 Å². The Balaban J connectivity index is 1.41. The van der Waals surface area contributed by atoms with Gasteiger partial charge in [0.15, 0.2) is 0 Å². The fourth-order valence-electron chi connectivity index (χ4n) is 3.81. The summed E-state index contributed by atoms with van der Waals surface area (Å²) in [6, 6.07) is 16.2. The third-order valence-corrected chi connectivity index (χ3v) is 6.28. The van der Waals surface area contributed by atoms with Gasteiger partial charge in [0.1, 0.15) is 5.01 Å². The number of carbonyl (C=O) groups excluding carboxylic acids is 1. The molecule has 0 unspecified atom stereocenters. The monoisotopic (exact) mass is 385 g/mol. The standard InChI is InChI=1S/C23H19N3OS/c1-14-10-17(13-24-12-14)23-26-20-9-7-16(11-21(20)28-23)22(27)25-19-8-6-15-4-2-3-5-18(15)19/h2-5,7,9-13,19H,6,8H2,1H3,(H,25,27)/t19-/m1/s1. The number of rotatable bonds is 3. The molecular weight excluding hydrogens is 366 g/mol. The number of fused-ring (bicyclic) bond motifs is 2. The third-order valence-electron chi connectivity index (χ3n) is 5.21. The summed E-state index contributed by atoms with van der Waals surface area (Å²) in [5.74, 6) is -0.0317. The van der Waals surface area contributed by atoms with Crippen molar-refractivity contribution < 1.29 is 4.79 Å². The number of hydrogen-bond acceptors (Lipinski definition) is 4. The molecule has 0 saturated carbocycles. The molecule has 1 aliphatic carbocycles. The number of hydrogen-bond donors (Lipinski definition) is 1. The van der Waals surface area contributed by atoms with E-state index in [1.165, 1.54) is 11.1 Å². The minimum atomic E-state index is -0.0317. The molecule has 0 radical (unpaired) electrons. The van der Waals surface area contributed by atoms with Crippen LogP contribution in [0.3, 0.4) is 0 Å². The van der Waals surface area contributed by atoms with Crippen LogP contribution in [0.4, 0.5) is 0 Å². The number of nitrogens with zero attached hydrogens (tertiary/aromatic N) is 2. The van der Waals surface area contributed by atoms with E-state index in [1.54, 1.807) is 11.3 Å². The first-order valence-electron chi connectivity index (χ1n) is 9.39. The Morgan fingerprint density at radius 3 is 2.93 bits per heavy atom. The predicted molar refractivity (Wildman–Crippen MR) is 113 cm³/mol. The Morgan fingerprint density at radius 1 is 1.14 bits per heavy atom. The molecule has 1 amide bonds. The van der Waals surface area contributed by atoms with Crippen molar-refractivity contribution >= 4 is 27.5 Å². The SMILES string of the molecule is Cc1cncc(-c2nc3ccc(C(=O)N[C@@H]4CCc5ccccc54)cc3s2)c1. The Morgan fingerprint density at radius 2 is 2.04 bits per heavy atom. The van der Waals surface area contributed by atoms with E-state index in [9.17, 15) is 4.79 Å². The molecule has 1 N–H and O–H groups in total. The lowest BCUT2D eigenvalue weighted by atomic mass is 10.1. The highest BCUT2D eigenvalue weighted by Crippen LogP contribution is 2.32. The Hall–Kier alpha value is -3.05. The summed E-state index contributed by atoms with van der Waals surface area (Å²) < 4.78 is 1.01. The second kappa shape index (κ2) is 6.84. The van der Waals surface area contributed by atoms with Crippen molar-refractivity contribution in [3.8, 4) is 10.6 Å². The van der Waals surface area contributed by atoms with Gasteiger partial charge in [-0.05, 0) is 60.7 Å². The maximum absolute atomic E-state index is 12.8. The molecule has 0 aliphatic heterocycles. The van der Waals surface area contributed by atoms with Crippen LogP contribution in [0.25, 0.3) is 20.8 Å². The molecule has 0 saturated heterocycles. The van der Waals surface area contributed by atoms with Crippen LogP contribution in [0.1, 0.15) is 39.5 Å². The minimum Gasteiger partial charge on any atom is -0.345 e. The molecular formula is C23H19N3OS. The zero-order valence-corrected chi connectivity index (χ0v) is 16.3. The second-order valence-corrected chi connectivity index (χ2v) is 8.25. The Kier molecular flexibility index (Phi) is 4.17. The summed E-state index contributed by atoms with van der Waals surface area (Å²) in [7, 11) is 0. The van der Waals surface area contributed by atoms with Gasteiger partial charge in [-0.15, -0.1) is 11.3 Å². The molecule has 5 heteroatoms. The van der Waals surface area contributed by atoms with Gasteiger partial charge in [-0.3, -0.25) is 9.78 Å². The van der Waals surface area contributed by atoms with Crippen molar-refractivity contribution in [3.05, 3.63) is 83.2 Å². The number of nitrogens with one attached hydrogen (secondary N) is 1. The van der Waals surface area contributed by atoms with E-state index < -0.39 is 0 Å². The van der Waals surface area contributed by atoms with Crippen LogP contribution in [-0.4, -0.2) is 15.9 Å². The van der Waals surface area contributed by atoms with Crippen molar-refractivity contribution in [1.29, 1.82) is 0 Å².